The molecule has 0 saturated carbocycles. The standard InChI is InChI=1S/C47H80N8O7/c1-12-31(6)42(54(9)41(30(4)5)47(60)52-46(59)40(29(2)3)53(8)24-18-14-13-17-23-48)38(61-10)27-39(56)55-25-19-22-37(55)43(62-11)32(7)45(58)51-36(44(49)57)26-33-28-50-35-21-16-15-20-34(33)35/h15-16,20-21,28-32,36-38,40-43,50H,12-14,17-19,22-27,48H2,1-11H3,(H2,49,57)(H,51,58)(H,52,59,60)/t31-,32+,36-,37-,38+,40-,41-,42-,43+/m0/s1. The number of aromatic amines is 1. The van der Waals surface area contributed by atoms with Crippen molar-refractivity contribution < 1.29 is 33.4 Å². The third-order valence-electron chi connectivity index (χ3n) is 13.1. The van der Waals surface area contributed by atoms with E-state index >= 15 is 0 Å². The van der Waals surface area contributed by atoms with E-state index in [1.54, 1.807) is 18.9 Å². The summed E-state index contributed by atoms with van der Waals surface area (Å²) in [6.07, 6.45) is 6.94. The lowest BCUT2D eigenvalue weighted by Crippen LogP contribution is -2.60. The molecule has 62 heavy (non-hydrogen) atoms. The van der Waals surface area contributed by atoms with Crippen molar-refractivity contribution in [3.05, 3.63) is 36.0 Å². The van der Waals surface area contributed by atoms with Gasteiger partial charge in [0.15, 0.2) is 0 Å². The van der Waals surface area contributed by atoms with E-state index in [0.29, 0.717) is 19.5 Å². The van der Waals surface area contributed by atoms with E-state index in [2.05, 4.69) is 29.5 Å². The van der Waals surface area contributed by atoms with Gasteiger partial charge >= 0.3 is 0 Å². The van der Waals surface area contributed by atoms with E-state index in [1.807, 2.05) is 82.1 Å². The van der Waals surface area contributed by atoms with Crippen LogP contribution in [-0.2, 0) is 39.9 Å². The smallest absolute Gasteiger partial charge is 0.244 e. The van der Waals surface area contributed by atoms with Crippen LogP contribution >= 0.6 is 0 Å². The second-order valence-electron chi connectivity index (χ2n) is 18.2. The van der Waals surface area contributed by atoms with Crippen LogP contribution < -0.4 is 22.1 Å². The van der Waals surface area contributed by atoms with Gasteiger partial charge in [-0.25, -0.2) is 0 Å². The van der Waals surface area contributed by atoms with Crippen LogP contribution in [0.15, 0.2) is 30.5 Å². The number of hydrogen-bond donors (Lipinski definition) is 5. The minimum absolute atomic E-state index is 0.0172. The predicted octanol–water partition coefficient (Wildman–Crippen LogP) is 4.22. The fourth-order valence-electron chi connectivity index (χ4n) is 9.66. The van der Waals surface area contributed by atoms with E-state index in [9.17, 15) is 24.0 Å². The second-order valence-corrected chi connectivity index (χ2v) is 18.2. The zero-order valence-corrected chi connectivity index (χ0v) is 39.6. The number of benzene rings is 1. The summed E-state index contributed by atoms with van der Waals surface area (Å²) < 4.78 is 12.1. The average molecular weight is 869 g/mol. The largest absolute Gasteiger partial charge is 0.379 e. The quantitative estimate of drug-likeness (QED) is 0.0809. The summed E-state index contributed by atoms with van der Waals surface area (Å²) in [5.74, 6) is -2.76. The first-order valence-electron chi connectivity index (χ1n) is 22.9. The molecule has 1 aromatic carbocycles. The molecule has 1 saturated heterocycles. The molecule has 0 spiro atoms. The number of fused-ring (bicyclic) bond motifs is 1. The molecule has 350 valence electrons. The van der Waals surface area contributed by atoms with Crippen molar-refractivity contribution in [3.63, 3.8) is 0 Å². The predicted molar refractivity (Wildman–Crippen MR) is 245 cm³/mol. The first-order chi connectivity index (χ1) is 29.4. The van der Waals surface area contributed by atoms with Crippen LogP contribution in [0.3, 0.4) is 0 Å². The number of unbranched alkanes of at least 4 members (excludes halogenated alkanes) is 3. The molecule has 1 fully saturated rings. The molecule has 2 heterocycles. The molecule has 1 aromatic heterocycles. The van der Waals surface area contributed by atoms with Crippen LogP contribution in [-0.4, -0.2) is 140 Å². The number of carbonyl (C=O) groups is 5. The van der Waals surface area contributed by atoms with Gasteiger partial charge in [-0.1, -0.05) is 85.9 Å². The van der Waals surface area contributed by atoms with Gasteiger partial charge in [-0.3, -0.25) is 39.1 Å². The van der Waals surface area contributed by atoms with Gasteiger partial charge in [0.05, 0.1) is 42.7 Å². The van der Waals surface area contributed by atoms with E-state index < -0.39 is 54.1 Å². The zero-order chi connectivity index (χ0) is 46.3. The Morgan fingerprint density at radius 2 is 1.55 bits per heavy atom. The number of nitrogens with two attached hydrogens (primary N) is 2. The maximum absolute atomic E-state index is 14.4. The van der Waals surface area contributed by atoms with Gasteiger partial charge in [0.25, 0.3) is 0 Å². The van der Waals surface area contributed by atoms with E-state index in [-0.39, 0.29) is 54.4 Å². The number of aromatic nitrogens is 1. The Kier molecular flexibility index (Phi) is 21.5. The molecule has 5 amide bonds. The third kappa shape index (κ3) is 13.8. The van der Waals surface area contributed by atoms with Crippen molar-refractivity contribution >= 4 is 40.4 Å². The number of rotatable bonds is 27. The number of H-pyrrole nitrogens is 1. The van der Waals surface area contributed by atoms with Crippen LogP contribution in [0.5, 0.6) is 0 Å². The molecule has 0 unspecified atom stereocenters. The number of ether oxygens (including phenoxy) is 2. The summed E-state index contributed by atoms with van der Waals surface area (Å²) in [4.78, 5) is 77.9. The molecule has 2 aromatic rings. The van der Waals surface area contributed by atoms with Crippen LogP contribution in [0.1, 0.15) is 105 Å². The second kappa shape index (κ2) is 25.4. The van der Waals surface area contributed by atoms with Crippen LogP contribution in [0.4, 0.5) is 0 Å². The maximum Gasteiger partial charge on any atom is 0.244 e. The van der Waals surface area contributed by atoms with Gasteiger partial charge in [-0.15, -0.1) is 0 Å². The van der Waals surface area contributed by atoms with Crippen LogP contribution in [0, 0.1) is 23.7 Å². The number of imide groups is 1. The van der Waals surface area contributed by atoms with Gasteiger partial charge in [0.1, 0.15) is 6.04 Å². The molecule has 0 bridgehead atoms. The van der Waals surface area contributed by atoms with Gasteiger partial charge in [-0.05, 0) is 82.3 Å². The molecule has 3 rings (SSSR count). The van der Waals surface area contributed by atoms with Gasteiger partial charge in [0.2, 0.25) is 29.5 Å². The fourth-order valence-corrected chi connectivity index (χ4v) is 9.66. The molecular weight excluding hydrogens is 789 g/mol. The third-order valence-corrected chi connectivity index (χ3v) is 13.1. The molecule has 1 aliphatic rings. The average Bonchev–Trinajstić information content (AvgIpc) is 3.87. The summed E-state index contributed by atoms with van der Waals surface area (Å²) in [5.41, 5.74) is 13.2. The Balaban J connectivity index is 1.76. The number of amides is 5. The summed E-state index contributed by atoms with van der Waals surface area (Å²) in [6, 6.07) is 4.86. The molecule has 9 atom stereocenters. The number of hydrogen-bond acceptors (Lipinski definition) is 10. The molecule has 7 N–H and O–H groups in total. The monoisotopic (exact) mass is 869 g/mol. The van der Waals surface area contributed by atoms with Crippen molar-refractivity contribution in [1.29, 1.82) is 0 Å². The Morgan fingerprint density at radius 3 is 2.15 bits per heavy atom. The summed E-state index contributed by atoms with van der Waals surface area (Å²) in [5, 5.41) is 6.60. The summed E-state index contributed by atoms with van der Waals surface area (Å²) >= 11 is 0. The first-order valence-corrected chi connectivity index (χ1v) is 22.9. The molecule has 0 radical (unpaired) electrons. The highest BCUT2D eigenvalue weighted by Gasteiger charge is 2.44. The Hall–Kier alpha value is -3.89. The number of nitrogens with one attached hydrogen (secondary N) is 3. The highest BCUT2D eigenvalue weighted by atomic mass is 16.5. The minimum atomic E-state index is -0.950. The normalized spacial score (nSPS) is 18.5. The van der Waals surface area contributed by atoms with Gasteiger partial charge in [-0.2, -0.15) is 0 Å². The number of para-hydroxylation sites is 1. The number of likely N-dealkylation sites (N-methyl/N-ethyl adjacent to an activating group) is 2. The number of nitrogens with zero attached hydrogens (tertiary/aromatic N) is 3. The molecule has 1 aliphatic heterocycles. The Morgan fingerprint density at radius 1 is 0.903 bits per heavy atom. The summed E-state index contributed by atoms with van der Waals surface area (Å²) in [7, 11) is 6.94. The molecule has 15 nitrogen and oxygen atoms in total. The number of methoxy groups -OCH3 is 2. The number of primary amides is 1. The lowest BCUT2D eigenvalue weighted by Gasteiger charge is -2.43. The summed E-state index contributed by atoms with van der Waals surface area (Å²) in [6.45, 7) is 15.7. The maximum atomic E-state index is 14.4. The van der Waals surface area contributed by atoms with Crippen molar-refractivity contribution in [2.24, 2.45) is 35.1 Å². The molecule has 0 aliphatic carbocycles. The lowest BCUT2D eigenvalue weighted by atomic mass is 9.87. The molecular formula is C47H80N8O7. The highest BCUT2D eigenvalue weighted by Crippen LogP contribution is 2.31. The van der Waals surface area contributed by atoms with E-state index in [0.717, 1.165) is 61.5 Å². The minimum Gasteiger partial charge on any atom is -0.379 e. The van der Waals surface area contributed by atoms with Gasteiger partial charge < -0.3 is 36.1 Å². The fraction of sp³-hybridized carbons (Fsp3) is 0.723. The first kappa shape index (κ1) is 52.5. The number of likely N-dealkylation sites (tertiary alicyclic amines) is 1. The van der Waals surface area contributed by atoms with Crippen molar-refractivity contribution in [3.8, 4) is 0 Å². The van der Waals surface area contributed by atoms with Crippen LogP contribution in [0.2, 0.25) is 0 Å². The zero-order valence-electron chi connectivity index (χ0n) is 39.6. The SMILES string of the molecule is CC[C@H](C)[C@@H]([C@@H](CC(=O)N1CCC[C@H]1[C@H](OC)[C@@H](C)C(=O)N[C@@H](Cc1c[nH]c2ccccc12)C(N)=O)OC)N(C)[C@H](C(=O)NC(=O)[C@H](C(C)C)N(C)CCCCCCN)C(C)C. The van der Waals surface area contributed by atoms with Crippen LogP contribution in [0.25, 0.3) is 10.9 Å². The van der Waals surface area contributed by atoms with Crippen molar-refractivity contribution in [1.82, 2.24) is 30.3 Å². The van der Waals surface area contributed by atoms with Crippen molar-refractivity contribution in [2.45, 2.75) is 149 Å². The van der Waals surface area contributed by atoms with Crippen molar-refractivity contribution in [2.75, 3.05) is 47.9 Å². The molecule has 15 heteroatoms. The van der Waals surface area contributed by atoms with E-state index in [1.165, 1.54) is 7.11 Å². The van der Waals surface area contributed by atoms with E-state index in [4.69, 9.17) is 20.9 Å². The highest BCUT2D eigenvalue weighted by molar-refractivity contribution is 6.00. The Bertz CT molecular complexity index is 1730. The number of carbonyl (C=O) groups excluding carboxylic acids is 5. The topological polar surface area (TPSA) is 205 Å². The Labute approximate surface area is 371 Å². The van der Waals surface area contributed by atoms with Gasteiger partial charge in [0, 0.05) is 50.3 Å². The lowest BCUT2D eigenvalue weighted by molar-refractivity contribution is -0.144.